The number of fused-ring (bicyclic) bond motifs is 1. The molecule has 2 atom stereocenters. The Morgan fingerprint density at radius 3 is 2.65 bits per heavy atom. The molecule has 94 valence electrons. The second-order valence-electron chi connectivity index (χ2n) is 5.91. The van der Waals surface area contributed by atoms with Crippen LogP contribution in [0.2, 0.25) is 0 Å². The van der Waals surface area contributed by atoms with Crippen LogP contribution in [0.4, 0.5) is 0 Å². The molecule has 0 radical (unpaired) electrons. The molecule has 1 nitrogen and oxygen atoms in total. The fraction of sp³-hybridized carbons (Fsp3) is 0.625. The van der Waals surface area contributed by atoms with Crippen molar-refractivity contribution in [1.82, 2.24) is 0 Å². The van der Waals surface area contributed by atoms with Crippen molar-refractivity contribution in [3.8, 4) is 0 Å². The summed E-state index contributed by atoms with van der Waals surface area (Å²) in [6.45, 7) is 9.05. The maximum Gasteiger partial charge on any atom is 0.0902 e. The molecule has 17 heavy (non-hydrogen) atoms. The third-order valence-electron chi connectivity index (χ3n) is 4.36. The lowest BCUT2D eigenvalue weighted by Crippen LogP contribution is -2.32. The summed E-state index contributed by atoms with van der Waals surface area (Å²) in [5.41, 5.74) is 4.18. The van der Waals surface area contributed by atoms with Crippen molar-refractivity contribution in [2.75, 3.05) is 7.11 Å². The normalized spacial score (nSPS) is 28.2. The highest BCUT2D eigenvalue weighted by atomic mass is 16.5. The molecule has 0 spiro atoms. The predicted octanol–water partition coefficient (Wildman–Crippen LogP) is 4.39. The van der Waals surface area contributed by atoms with Gasteiger partial charge in [-0.3, -0.25) is 0 Å². The Bertz CT molecular complexity index is 408. The number of methoxy groups -OCH3 is 1. The quantitative estimate of drug-likeness (QED) is 0.735. The van der Waals surface area contributed by atoms with E-state index in [0.29, 0.717) is 11.8 Å². The largest absolute Gasteiger partial charge is 0.374 e. The van der Waals surface area contributed by atoms with Crippen LogP contribution in [0.1, 0.15) is 56.2 Å². The summed E-state index contributed by atoms with van der Waals surface area (Å²) < 4.78 is 5.77. The van der Waals surface area contributed by atoms with Gasteiger partial charge in [0.05, 0.1) is 5.60 Å². The van der Waals surface area contributed by atoms with Crippen molar-refractivity contribution >= 4 is 0 Å². The second-order valence-corrected chi connectivity index (χ2v) is 5.91. The first-order valence-corrected chi connectivity index (χ1v) is 6.64. The SMILES string of the molecule is COC1(C)CCC(C(C)C)c2cc(C)ccc21. The van der Waals surface area contributed by atoms with Crippen LogP contribution in [-0.4, -0.2) is 7.11 Å². The molecule has 1 aromatic carbocycles. The Morgan fingerprint density at radius 2 is 2.06 bits per heavy atom. The van der Waals surface area contributed by atoms with Gasteiger partial charge in [-0.15, -0.1) is 0 Å². The maximum absolute atomic E-state index is 5.77. The standard InChI is InChI=1S/C16H24O/c1-11(2)13-8-9-16(4,17-5)15-7-6-12(3)10-14(13)15/h6-7,10-11,13H,8-9H2,1-5H3. The third-order valence-corrected chi connectivity index (χ3v) is 4.36. The van der Waals surface area contributed by atoms with Crippen molar-refractivity contribution in [3.63, 3.8) is 0 Å². The Kier molecular flexibility index (Phi) is 3.31. The highest BCUT2D eigenvalue weighted by Crippen LogP contribution is 2.46. The molecule has 0 heterocycles. The second kappa shape index (κ2) is 4.45. The number of benzene rings is 1. The Balaban J connectivity index is 2.54. The molecule has 1 aliphatic rings. The van der Waals surface area contributed by atoms with E-state index in [1.165, 1.54) is 23.1 Å². The van der Waals surface area contributed by atoms with E-state index in [1.54, 1.807) is 0 Å². The molecule has 1 heteroatoms. The smallest absolute Gasteiger partial charge is 0.0902 e. The minimum absolute atomic E-state index is 0.0889. The van der Waals surface area contributed by atoms with E-state index in [4.69, 9.17) is 4.74 Å². The average molecular weight is 232 g/mol. The van der Waals surface area contributed by atoms with Crippen LogP contribution in [0.5, 0.6) is 0 Å². The molecule has 1 aromatic rings. The van der Waals surface area contributed by atoms with Gasteiger partial charge < -0.3 is 4.74 Å². The molecule has 1 aliphatic carbocycles. The lowest BCUT2D eigenvalue weighted by atomic mass is 9.70. The summed E-state index contributed by atoms with van der Waals surface area (Å²) in [5.74, 6) is 1.39. The summed E-state index contributed by atoms with van der Waals surface area (Å²) in [6.07, 6.45) is 2.36. The maximum atomic E-state index is 5.77. The van der Waals surface area contributed by atoms with Crippen LogP contribution >= 0.6 is 0 Å². The highest BCUT2D eigenvalue weighted by Gasteiger charge is 2.36. The van der Waals surface area contributed by atoms with Gasteiger partial charge in [0.1, 0.15) is 0 Å². The van der Waals surface area contributed by atoms with E-state index >= 15 is 0 Å². The average Bonchev–Trinajstić information content (AvgIpc) is 2.28. The van der Waals surface area contributed by atoms with Gasteiger partial charge in [0.15, 0.2) is 0 Å². The number of aryl methyl sites for hydroxylation is 1. The van der Waals surface area contributed by atoms with Gasteiger partial charge in [0.25, 0.3) is 0 Å². The first-order chi connectivity index (χ1) is 7.98. The van der Waals surface area contributed by atoms with Crippen LogP contribution in [0, 0.1) is 12.8 Å². The molecule has 0 N–H and O–H groups in total. The lowest BCUT2D eigenvalue weighted by molar-refractivity contribution is -0.0172. The number of ether oxygens (including phenoxy) is 1. The Morgan fingerprint density at radius 1 is 1.35 bits per heavy atom. The fourth-order valence-electron chi connectivity index (χ4n) is 3.10. The third kappa shape index (κ3) is 2.13. The van der Waals surface area contributed by atoms with E-state index in [1.807, 2.05) is 7.11 Å². The number of hydrogen-bond acceptors (Lipinski definition) is 1. The Labute approximate surface area is 105 Å². The zero-order chi connectivity index (χ0) is 12.6. The summed E-state index contributed by atoms with van der Waals surface area (Å²) in [5, 5.41) is 0. The molecule has 0 bridgehead atoms. The van der Waals surface area contributed by atoms with Gasteiger partial charge in [-0.1, -0.05) is 37.6 Å². The summed E-state index contributed by atoms with van der Waals surface area (Å²) in [6, 6.07) is 6.83. The molecular formula is C16H24O. The van der Waals surface area contributed by atoms with Gasteiger partial charge >= 0.3 is 0 Å². The molecular weight excluding hydrogens is 208 g/mol. The van der Waals surface area contributed by atoms with E-state index in [0.717, 1.165) is 6.42 Å². The predicted molar refractivity (Wildman–Crippen MR) is 72.4 cm³/mol. The molecule has 0 aromatic heterocycles. The van der Waals surface area contributed by atoms with Crippen molar-refractivity contribution in [2.24, 2.45) is 5.92 Å². The van der Waals surface area contributed by atoms with Crippen LogP contribution in [0.15, 0.2) is 18.2 Å². The monoisotopic (exact) mass is 232 g/mol. The van der Waals surface area contributed by atoms with E-state index in [-0.39, 0.29) is 5.60 Å². The molecule has 0 saturated heterocycles. The van der Waals surface area contributed by atoms with E-state index < -0.39 is 0 Å². The van der Waals surface area contributed by atoms with Crippen molar-refractivity contribution in [1.29, 1.82) is 0 Å². The molecule has 2 rings (SSSR count). The minimum Gasteiger partial charge on any atom is -0.374 e. The first-order valence-electron chi connectivity index (χ1n) is 6.64. The zero-order valence-electron chi connectivity index (χ0n) is 11.7. The number of rotatable bonds is 2. The summed E-state index contributed by atoms with van der Waals surface area (Å²) >= 11 is 0. The van der Waals surface area contributed by atoms with Gasteiger partial charge in [-0.05, 0) is 49.7 Å². The Hall–Kier alpha value is -0.820. The molecule has 0 aliphatic heterocycles. The summed E-state index contributed by atoms with van der Waals surface area (Å²) in [7, 11) is 1.83. The van der Waals surface area contributed by atoms with E-state index in [2.05, 4.69) is 45.9 Å². The fourth-order valence-corrected chi connectivity index (χ4v) is 3.10. The minimum atomic E-state index is -0.0889. The zero-order valence-corrected chi connectivity index (χ0v) is 11.7. The van der Waals surface area contributed by atoms with Crippen molar-refractivity contribution in [2.45, 2.75) is 52.1 Å². The lowest BCUT2D eigenvalue weighted by Gasteiger charge is -2.40. The van der Waals surface area contributed by atoms with E-state index in [9.17, 15) is 0 Å². The molecule has 0 saturated carbocycles. The molecule has 0 fully saturated rings. The first kappa shape index (κ1) is 12.6. The summed E-state index contributed by atoms with van der Waals surface area (Å²) in [4.78, 5) is 0. The molecule has 0 amide bonds. The topological polar surface area (TPSA) is 9.23 Å². The van der Waals surface area contributed by atoms with Gasteiger partial charge in [-0.25, -0.2) is 0 Å². The van der Waals surface area contributed by atoms with Crippen LogP contribution < -0.4 is 0 Å². The number of hydrogen-bond donors (Lipinski definition) is 0. The van der Waals surface area contributed by atoms with Gasteiger partial charge in [-0.2, -0.15) is 0 Å². The van der Waals surface area contributed by atoms with Crippen LogP contribution in [-0.2, 0) is 10.3 Å². The van der Waals surface area contributed by atoms with Crippen LogP contribution in [0.3, 0.4) is 0 Å². The van der Waals surface area contributed by atoms with Gasteiger partial charge in [0.2, 0.25) is 0 Å². The highest BCUT2D eigenvalue weighted by molar-refractivity contribution is 5.40. The van der Waals surface area contributed by atoms with Crippen molar-refractivity contribution in [3.05, 3.63) is 34.9 Å². The molecule has 2 unspecified atom stereocenters. The van der Waals surface area contributed by atoms with Crippen LogP contribution in [0.25, 0.3) is 0 Å². The van der Waals surface area contributed by atoms with Gasteiger partial charge in [0, 0.05) is 7.11 Å². The van der Waals surface area contributed by atoms with Crippen molar-refractivity contribution < 1.29 is 4.74 Å².